The number of anilines is 2. The van der Waals surface area contributed by atoms with Crippen LogP contribution in [-0.4, -0.2) is 48.2 Å². The van der Waals surface area contributed by atoms with Gasteiger partial charge in [0.2, 0.25) is 17.1 Å². The summed E-state index contributed by atoms with van der Waals surface area (Å²) in [6.45, 7) is 1.93. The summed E-state index contributed by atoms with van der Waals surface area (Å²) in [5, 5.41) is 7.78. The molecule has 0 aliphatic carbocycles. The average molecular weight is 369 g/mol. The summed E-state index contributed by atoms with van der Waals surface area (Å²) in [5.74, 6) is 2.76. The lowest BCUT2D eigenvalue weighted by molar-refractivity contribution is 0.567. The molecule has 9 nitrogen and oxygen atoms in total. The van der Waals surface area contributed by atoms with Crippen LogP contribution in [0.3, 0.4) is 0 Å². The van der Waals surface area contributed by atoms with Crippen molar-refractivity contribution in [2.45, 2.75) is 30.2 Å². The van der Waals surface area contributed by atoms with Crippen molar-refractivity contribution >= 4 is 23.7 Å². The molecule has 0 spiro atoms. The van der Waals surface area contributed by atoms with Crippen molar-refractivity contribution in [3.05, 3.63) is 30.4 Å². The minimum Gasteiger partial charge on any atom is -0.368 e. The molecule has 1 aliphatic heterocycles. The fraction of sp³-hybridized carbons (Fsp3) is 0.375. The lowest BCUT2D eigenvalue weighted by Crippen LogP contribution is -2.31. The van der Waals surface area contributed by atoms with Crippen LogP contribution in [0.5, 0.6) is 0 Å². The van der Waals surface area contributed by atoms with Gasteiger partial charge in [-0.05, 0) is 31.4 Å². The molecule has 0 saturated carbocycles. The quantitative estimate of drug-likeness (QED) is 0.649. The molecule has 1 saturated heterocycles. The van der Waals surface area contributed by atoms with Gasteiger partial charge in [0.25, 0.3) is 0 Å². The summed E-state index contributed by atoms with van der Waals surface area (Å²) in [6, 6.07) is 3.79. The molecule has 3 N–H and O–H groups in total. The van der Waals surface area contributed by atoms with Gasteiger partial charge in [0.05, 0.1) is 5.75 Å². The van der Waals surface area contributed by atoms with Gasteiger partial charge in [0, 0.05) is 31.0 Å². The Morgan fingerprint density at radius 1 is 1.12 bits per heavy atom. The van der Waals surface area contributed by atoms with Crippen molar-refractivity contribution in [3.63, 3.8) is 0 Å². The highest BCUT2D eigenvalue weighted by molar-refractivity contribution is 7.98. The SMILES string of the molecule is Nc1nc(CSc2n[nH]c(-c3cccnc3)n2)nc(N2CCCCC2)n1. The number of nitrogens with two attached hydrogens (primary N) is 1. The average Bonchev–Trinajstić information content (AvgIpc) is 3.16. The molecule has 0 radical (unpaired) electrons. The monoisotopic (exact) mass is 369 g/mol. The second kappa shape index (κ2) is 7.65. The van der Waals surface area contributed by atoms with E-state index >= 15 is 0 Å². The van der Waals surface area contributed by atoms with E-state index in [1.54, 1.807) is 12.4 Å². The molecule has 0 bridgehead atoms. The van der Waals surface area contributed by atoms with Crippen LogP contribution >= 0.6 is 11.8 Å². The van der Waals surface area contributed by atoms with Crippen molar-refractivity contribution in [1.82, 2.24) is 35.1 Å². The maximum atomic E-state index is 5.87. The van der Waals surface area contributed by atoms with Crippen molar-refractivity contribution < 1.29 is 0 Å². The molecular weight excluding hydrogens is 350 g/mol. The third-order valence-corrected chi connectivity index (χ3v) is 4.90. The van der Waals surface area contributed by atoms with E-state index in [2.05, 4.69) is 40.0 Å². The van der Waals surface area contributed by atoms with Gasteiger partial charge in [-0.3, -0.25) is 10.1 Å². The first-order valence-corrected chi connectivity index (χ1v) is 9.47. The summed E-state index contributed by atoms with van der Waals surface area (Å²) in [5.41, 5.74) is 6.76. The molecular formula is C16H19N9S. The van der Waals surface area contributed by atoms with E-state index in [1.807, 2.05) is 12.1 Å². The molecule has 4 heterocycles. The number of piperidine rings is 1. The molecule has 134 valence electrons. The van der Waals surface area contributed by atoms with Crippen molar-refractivity contribution in [2.75, 3.05) is 23.7 Å². The number of aromatic amines is 1. The Hall–Kier alpha value is -2.75. The van der Waals surface area contributed by atoms with Crippen LogP contribution in [0.25, 0.3) is 11.4 Å². The topological polar surface area (TPSA) is 122 Å². The lowest BCUT2D eigenvalue weighted by Gasteiger charge is -2.26. The number of aromatic nitrogens is 7. The van der Waals surface area contributed by atoms with Gasteiger partial charge < -0.3 is 10.6 Å². The van der Waals surface area contributed by atoms with Crippen LogP contribution in [0.15, 0.2) is 29.7 Å². The number of pyridine rings is 1. The Labute approximate surface area is 154 Å². The Balaban J connectivity index is 1.45. The van der Waals surface area contributed by atoms with Gasteiger partial charge in [0.1, 0.15) is 5.82 Å². The largest absolute Gasteiger partial charge is 0.368 e. The molecule has 3 aromatic rings. The zero-order chi connectivity index (χ0) is 17.8. The molecule has 1 aliphatic rings. The first-order valence-electron chi connectivity index (χ1n) is 8.49. The normalized spacial score (nSPS) is 14.5. The molecule has 26 heavy (non-hydrogen) atoms. The summed E-state index contributed by atoms with van der Waals surface area (Å²) in [6.07, 6.45) is 7.03. The van der Waals surface area contributed by atoms with Crippen molar-refractivity contribution in [1.29, 1.82) is 0 Å². The first kappa shape index (κ1) is 16.7. The van der Waals surface area contributed by atoms with E-state index in [0.29, 0.717) is 28.5 Å². The number of nitrogen functional groups attached to an aromatic ring is 1. The predicted molar refractivity (Wildman–Crippen MR) is 99.5 cm³/mol. The highest BCUT2D eigenvalue weighted by Gasteiger charge is 2.16. The van der Waals surface area contributed by atoms with E-state index < -0.39 is 0 Å². The molecule has 3 aromatic heterocycles. The minimum atomic E-state index is 0.252. The Bertz CT molecular complexity index is 861. The van der Waals surface area contributed by atoms with Crippen LogP contribution in [0, 0.1) is 0 Å². The van der Waals surface area contributed by atoms with Crippen molar-refractivity contribution in [3.8, 4) is 11.4 Å². The van der Waals surface area contributed by atoms with E-state index in [4.69, 9.17) is 5.73 Å². The molecule has 0 amide bonds. The number of hydrogen-bond donors (Lipinski definition) is 2. The van der Waals surface area contributed by atoms with Gasteiger partial charge >= 0.3 is 0 Å². The van der Waals surface area contributed by atoms with Crippen LogP contribution < -0.4 is 10.6 Å². The van der Waals surface area contributed by atoms with Gasteiger partial charge in [-0.2, -0.15) is 15.0 Å². The highest BCUT2D eigenvalue weighted by Crippen LogP contribution is 2.22. The molecule has 0 unspecified atom stereocenters. The van der Waals surface area contributed by atoms with Gasteiger partial charge in [0.15, 0.2) is 5.82 Å². The molecule has 0 aromatic carbocycles. The maximum absolute atomic E-state index is 5.87. The third kappa shape index (κ3) is 3.90. The van der Waals surface area contributed by atoms with Gasteiger partial charge in [-0.15, -0.1) is 5.10 Å². The fourth-order valence-corrected chi connectivity index (χ4v) is 3.45. The molecule has 4 rings (SSSR count). The number of thioether (sulfide) groups is 1. The number of H-pyrrole nitrogens is 1. The summed E-state index contributed by atoms with van der Waals surface area (Å²) in [4.78, 5) is 23.8. The number of nitrogens with zero attached hydrogens (tertiary/aromatic N) is 7. The van der Waals surface area contributed by atoms with E-state index in [-0.39, 0.29) is 5.95 Å². The Kier molecular flexibility index (Phi) is 4.91. The van der Waals surface area contributed by atoms with Gasteiger partial charge in [-0.25, -0.2) is 4.98 Å². The van der Waals surface area contributed by atoms with Gasteiger partial charge in [-0.1, -0.05) is 11.8 Å². The maximum Gasteiger partial charge on any atom is 0.230 e. The van der Waals surface area contributed by atoms with Crippen LogP contribution in [0.1, 0.15) is 25.1 Å². The van der Waals surface area contributed by atoms with Crippen molar-refractivity contribution in [2.24, 2.45) is 0 Å². The number of hydrogen-bond acceptors (Lipinski definition) is 9. The third-order valence-electron chi connectivity index (χ3n) is 4.06. The fourth-order valence-electron chi connectivity index (χ4n) is 2.80. The minimum absolute atomic E-state index is 0.252. The first-order chi connectivity index (χ1) is 12.8. The standard InChI is InChI=1S/C16H19N9S/c17-14-19-12(20-15(22-14)25-7-2-1-3-8-25)10-26-16-21-13(23-24-16)11-5-4-6-18-9-11/h4-6,9H,1-3,7-8,10H2,(H,21,23,24)(H2,17,19,20,22). The number of nitrogens with one attached hydrogen (secondary N) is 1. The zero-order valence-corrected chi connectivity index (χ0v) is 15.0. The highest BCUT2D eigenvalue weighted by atomic mass is 32.2. The summed E-state index contributed by atoms with van der Waals surface area (Å²) in [7, 11) is 0. The van der Waals surface area contributed by atoms with E-state index in [1.165, 1.54) is 18.2 Å². The lowest BCUT2D eigenvalue weighted by atomic mass is 10.1. The molecule has 10 heteroatoms. The Morgan fingerprint density at radius 3 is 2.81 bits per heavy atom. The Morgan fingerprint density at radius 2 is 2.00 bits per heavy atom. The summed E-state index contributed by atoms with van der Waals surface area (Å²) < 4.78 is 0. The van der Waals surface area contributed by atoms with Crippen LogP contribution in [0.2, 0.25) is 0 Å². The van der Waals surface area contributed by atoms with E-state index in [0.717, 1.165) is 31.5 Å². The molecule has 1 fully saturated rings. The van der Waals surface area contributed by atoms with E-state index in [9.17, 15) is 0 Å². The second-order valence-corrected chi connectivity index (χ2v) is 6.90. The second-order valence-electron chi connectivity index (χ2n) is 5.95. The van der Waals surface area contributed by atoms with Crippen LogP contribution in [0.4, 0.5) is 11.9 Å². The summed E-state index contributed by atoms with van der Waals surface area (Å²) >= 11 is 1.45. The predicted octanol–water partition coefficient (Wildman–Crippen LogP) is 1.92. The smallest absolute Gasteiger partial charge is 0.230 e. The van der Waals surface area contributed by atoms with Crippen LogP contribution in [-0.2, 0) is 5.75 Å². The zero-order valence-electron chi connectivity index (χ0n) is 14.2. The number of rotatable bonds is 5. The molecule has 0 atom stereocenters.